The fourth-order valence-electron chi connectivity index (χ4n) is 3.32. The van der Waals surface area contributed by atoms with Gasteiger partial charge in [-0.25, -0.2) is 8.42 Å². The highest BCUT2D eigenvalue weighted by Gasteiger charge is 2.25. The number of ether oxygens (including phenoxy) is 1. The van der Waals surface area contributed by atoms with Crippen molar-refractivity contribution in [3.63, 3.8) is 0 Å². The number of benzene rings is 2. The van der Waals surface area contributed by atoms with E-state index in [1.54, 1.807) is 35.5 Å². The highest BCUT2D eigenvalue weighted by atomic mass is 32.2. The summed E-state index contributed by atoms with van der Waals surface area (Å²) in [7, 11) is -3.50. The van der Waals surface area contributed by atoms with Gasteiger partial charge in [0.2, 0.25) is 10.0 Å². The van der Waals surface area contributed by atoms with Gasteiger partial charge in [-0.15, -0.1) is 0 Å². The van der Waals surface area contributed by atoms with E-state index in [2.05, 4.69) is 5.32 Å². The predicted octanol–water partition coefficient (Wildman–Crippen LogP) is 3.97. The largest absolute Gasteiger partial charge is 0.481 e. The minimum atomic E-state index is -3.50. The van der Waals surface area contributed by atoms with Gasteiger partial charge in [-0.1, -0.05) is 31.0 Å². The minimum absolute atomic E-state index is 0.251. The van der Waals surface area contributed by atoms with Crippen molar-refractivity contribution >= 4 is 21.6 Å². The molecule has 156 valence electrons. The zero-order chi connectivity index (χ0) is 20.9. The monoisotopic (exact) mass is 416 g/mol. The van der Waals surface area contributed by atoms with E-state index in [-0.39, 0.29) is 10.8 Å². The summed E-state index contributed by atoms with van der Waals surface area (Å²) in [5, 5.41) is 2.78. The Balaban J connectivity index is 1.63. The molecule has 1 aliphatic rings. The quantitative estimate of drug-likeness (QED) is 0.773. The van der Waals surface area contributed by atoms with Crippen LogP contribution in [0.25, 0.3) is 0 Å². The summed E-state index contributed by atoms with van der Waals surface area (Å²) >= 11 is 0. The maximum absolute atomic E-state index is 12.8. The lowest BCUT2D eigenvalue weighted by Crippen LogP contribution is -2.32. The molecule has 1 N–H and O–H groups in total. The molecule has 3 rings (SSSR count). The zero-order valence-electron chi connectivity index (χ0n) is 16.9. The molecule has 0 radical (unpaired) electrons. The Bertz CT molecular complexity index is 934. The van der Waals surface area contributed by atoms with Crippen molar-refractivity contribution in [1.29, 1.82) is 0 Å². The van der Waals surface area contributed by atoms with E-state index in [9.17, 15) is 13.2 Å². The maximum Gasteiger partial charge on any atom is 0.265 e. The molecule has 1 heterocycles. The van der Waals surface area contributed by atoms with Crippen molar-refractivity contribution in [2.45, 2.75) is 50.5 Å². The molecule has 0 saturated carbocycles. The van der Waals surface area contributed by atoms with Crippen LogP contribution in [0.1, 0.15) is 38.2 Å². The van der Waals surface area contributed by atoms with Gasteiger partial charge >= 0.3 is 0 Å². The summed E-state index contributed by atoms with van der Waals surface area (Å²) in [6, 6.07) is 13.8. The van der Waals surface area contributed by atoms with Gasteiger partial charge in [-0.05, 0) is 62.6 Å². The summed E-state index contributed by atoms with van der Waals surface area (Å²) < 4.78 is 33.0. The van der Waals surface area contributed by atoms with Gasteiger partial charge in [-0.2, -0.15) is 4.31 Å². The Morgan fingerprint density at radius 3 is 2.24 bits per heavy atom. The first-order valence-corrected chi connectivity index (χ1v) is 11.5. The van der Waals surface area contributed by atoms with Gasteiger partial charge < -0.3 is 10.1 Å². The first-order chi connectivity index (χ1) is 13.9. The van der Waals surface area contributed by atoms with Crippen molar-refractivity contribution < 1.29 is 17.9 Å². The van der Waals surface area contributed by atoms with E-state index >= 15 is 0 Å². The number of para-hydroxylation sites is 1. The Kier molecular flexibility index (Phi) is 6.92. The predicted molar refractivity (Wildman–Crippen MR) is 114 cm³/mol. The van der Waals surface area contributed by atoms with Gasteiger partial charge in [0.15, 0.2) is 6.10 Å². The molecule has 0 spiro atoms. The highest BCUT2D eigenvalue weighted by Crippen LogP contribution is 2.22. The van der Waals surface area contributed by atoms with Crippen LogP contribution in [0, 0.1) is 6.92 Å². The second-order valence-corrected chi connectivity index (χ2v) is 9.30. The van der Waals surface area contributed by atoms with Crippen LogP contribution < -0.4 is 10.1 Å². The van der Waals surface area contributed by atoms with E-state index in [4.69, 9.17) is 4.74 Å². The van der Waals surface area contributed by atoms with Crippen LogP contribution in [-0.4, -0.2) is 37.8 Å². The summed E-state index contributed by atoms with van der Waals surface area (Å²) in [4.78, 5) is 12.7. The SMILES string of the molecule is Cc1ccccc1O[C@@H](C)C(=O)Nc1ccc(S(=O)(=O)N2CCCCCC2)cc1. The molecule has 0 unspecified atom stereocenters. The maximum atomic E-state index is 12.8. The van der Waals surface area contributed by atoms with Crippen LogP contribution in [0.5, 0.6) is 5.75 Å². The fourth-order valence-corrected chi connectivity index (χ4v) is 4.83. The van der Waals surface area contributed by atoms with Gasteiger partial charge in [0.1, 0.15) is 5.75 Å². The average molecular weight is 417 g/mol. The molecule has 7 heteroatoms. The van der Waals surface area contributed by atoms with Crippen LogP contribution in [0.4, 0.5) is 5.69 Å². The van der Waals surface area contributed by atoms with E-state index in [0.717, 1.165) is 31.2 Å². The first-order valence-electron chi connectivity index (χ1n) is 10.0. The van der Waals surface area contributed by atoms with Crippen molar-refractivity contribution in [3.05, 3.63) is 54.1 Å². The molecule has 1 saturated heterocycles. The number of anilines is 1. The van der Waals surface area contributed by atoms with Crippen molar-refractivity contribution in [2.75, 3.05) is 18.4 Å². The Morgan fingerprint density at radius 1 is 1.00 bits per heavy atom. The lowest BCUT2D eigenvalue weighted by Gasteiger charge is -2.20. The first kappa shape index (κ1) is 21.3. The fraction of sp³-hybridized carbons (Fsp3) is 0.409. The molecular weight excluding hydrogens is 388 g/mol. The molecule has 1 atom stereocenters. The molecule has 1 fully saturated rings. The van der Waals surface area contributed by atoms with E-state index in [1.807, 2.05) is 31.2 Å². The van der Waals surface area contributed by atoms with Crippen molar-refractivity contribution in [2.24, 2.45) is 0 Å². The van der Waals surface area contributed by atoms with Gasteiger partial charge in [0.05, 0.1) is 4.90 Å². The number of hydrogen-bond donors (Lipinski definition) is 1. The van der Waals surface area contributed by atoms with Crippen LogP contribution in [0.15, 0.2) is 53.4 Å². The highest BCUT2D eigenvalue weighted by molar-refractivity contribution is 7.89. The van der Waals surface area contributed by atoms with Crippen LogP contribution in [0.3, 0.4) is 0 Å². The summed E-state index contributed by atoms with van der Waals surface area (Å²) in [6.45, 7) is 4.73. The third-order valence-electron chi connectivity index (χ3n) is 5.09. The molecule has 1 amide bonds. The number of carbonyl (C=O) groups excluding carboxylic acids is 1. The number of nitrogens with one attached hydrogen (secondary N) is 1. The summed E-state index contributed by atoms with van der Waals surface area (Å²) in [5.74, 6) is 0.366. The van der Waals surface area contributed by atoms with E-state index < -0.39 is 16.1 Å². The van der Waals surface area contributed by atoms with Gasteiger partial charge in [0.25, 0.3) is 5.91 Å². The normalized spacial score (nSPS) is 16.6. The lowest BCUT2D eigenvalue weighted by molar-refractivity contribution is -0.122. The number of hydrogen-bond acceptors (Lipinski definition) is 4. The number of carbonyl (C=O) groups is 1. The Hall–Kier alpha value is -2.38. The van der Waals surface area contributed by atoms with Crippen molar-refractivity contribution in [3.8, 4) is 5.75 Å². The Morgan fingerprint density at radius 2 is 1.62 bits per heavy atom. The average Bonchev–Trinajstić information content (AvgIpc) is 3.00. The van der Waals surface area contributed by atoms with Crippen LogP contribution >= 0.6 is 0 Å². The van der Waals surface area contributed by atoms with E-state index in [1.165, 1.54) is 0 Å². The molecule has 0 bridgehead atoms. The number of aryl methyl sites for hydroxylation is 1. The smallest absolute Gasteiger partial charge is 0.265 e. The number of rotatable bonds is 6. The lowest BCUT2D eigenvalue weighted by atomic mass is 10.2. The molecule has 29 heavy (non-hydrogen) atoms. The molecule has 1 aliphatic heterocycles. The minimum Gasteiger partial charge on any atom is -0.481 e. The third-order valence-corrected chi connectivity index (χ3v) is 7.00. The van der Waals surface area contributed by atoms with Crippen LogP contribution in [-0.2, 0) is 14.8 Å². The number of nitrogens with zero attached hydrogens (tertiary/aromatic N) is 1. The topological polar surface area (TPSA) is 75.7 Å². The van der Waals surface area contributed by atoms with Gasteiger partial charge in [-0.3, -0.25) is 4.79 Å². The number of amides is 1. The van der Waals surface area contributed by atoms with Crippen molar-refractivity contribution in [1.82, 2.24) is 4.31 Å². The molecule has 6 nitrogen and oxygen atoms in total. The number of sulfonamides is 1. The zero-order valence-corrected chi connectivity index (χ0v) is 17.7. The van der Waals surface area contributed by atoms with Crippen LogP contribution in [0.2, 0.25) is 0 Å². The molecular formula is C22H28N2O4S. The summed E-state index contributed by atoms with van der Waals surface area (Å²) in [6.07, 6.45) is 3.24. The second kappa shape index (κ2) is 9.41. The molecule has 2 aromatic rings. The molecule has 0 aliphatic carbocycles. The standard InChI is InChI=1S/C22H28N2O4S/c1-17-9-5-6-10-21(17)28-18(2)22(25)23-19-11-13-20(14-12-19)29(26,27)24-15-7-3-4-8-16-24/h5-6,9-14,18H,3-4,7-8,15-16H2,1-2H3,(H,23,25)/t18-/m0/s1. The molecule has 0 aromatic heterocycles. The van der Waals surface area contributed by atoms with Gasteiger partial charge in [0, 0.05) is 18.8 Å². The van der Waals surface area contributed by atoms with E-state index in [0.29, 0.717) is 24.5 Å². The second-order valence-electron chi connectivity index (χ2n) is 7.36. The third kappa shape index (κ3) is 5.36. The molecule has 2 aromatic carbocycles. The Labute approximate surface area is 172 Å². The summed E-state index contributed by atoms with van der Waals surface area (Å²) in [5.41, 5.74) is 1.49.